The Bertz CT molecular complexity index is 944. The number of hydrogen-bond acceptors (Lipinski definition) is 0. The Kier molecular flexibility index (Phi) is 8.56. The van der Waals surface area contributed by atoms with Crippen LogP contribution in [0.2, 0.25) is 0 Å². The zero-order valence-electron chi connectivity index (χ0n) is 18.6. The monoisotopic (exact) mass is 442 g/mol. The standard InChI is InChI=1S/C28H30F4/c1-2-3-4-5-6-7-8-25-26(29)19-22(20-27(25)30)10-9-21-11-13-23(14-12-21)24-15-17-28(31,32)18-16-24/h7-8,11-14,19-20,24H,2-6,15-18H2,1H3/b8-7+. The van der Waals surface area contributed by atoms with Gasteiger partial charge in [-0.05, 0) is 61.4 Å². The van der Waals surface area contributed by atoms with Gasteiger partial charge < -0.3 is 0 Å². The molecule has 2 aromatic rings. The molecule has 170 valence electrons. The molecular weight excluding hydrogens is 412 g/mol. The summed E-state index contributed by atoms with van der Waals surface area (Å²) in [6.07, 6.45) is 9.42. The lowest BCUT2D eigenvalue weighted by Crippen LogP contribution is -2.23. The lowest BCUT2D eigenvalue weighted by atomic mass is 9.82. The molecule has 1 saturated carbocycles. The highest BCUT2D eigenvalue weighted by Gasteiger charge is 2.35. The van der Waals surface area contributed by atoms with Gasteiger partial charge in [0.25, 0.3) is 0 Å². The second-order valence-corrected chi connectivity index (χ2v) is 8.61. The van der Waals surface area contributed by atoms with E-state index in [1.807, 2.05) is 30.3 Å². The van der Waals surface area contributed by atoms with Gasteiger partial charge in [0.15, 0.2) is 0 Å². The smallest absolute Gasteiger partial charge is 0.207 e. The Balaban J connectivity index is 1.62. The molecule has 0 aromatic heterocycles. The Morgan fingerprint density at radius 1 is 0.906 bits per heavy atom. The van der Waals surface area contributed by atoms with Gasteiger partial charge in [-0.3, -0.25) is 0 Å². The summed E-state index contributed by atoms with van der Waals surface area (Å²) < 4.78 is 55.4. The normalized spacial score (nSPS) is 16.2. The van der Waals surface area contributed by atoms with Gasteiger partial charge in [-0.15, -0.1) is 0 Å². The van der Waals surface area contributed by atoms with E-state index in [9.17, 15) is 17.6 Å². The van der Waals surface area contributed by atoms with Gasteiger partial charge in [-0.25, -0.2) is 17.6 Å². The second kappa shape index (κ2) is 11.4. The van der Waals surface area contributed by atoms with Gasteiger partial charge in [-0.1, -0.05) is 62.3 Å². The zero-order chi connectivity index (χ0) is 23.0. The highest BCUT2D eigenvalue weighted by Crippen LogP contribution is 2.40. The number of halogens is 4. The van der Waals surface area contributed by atoms with Crippen molar-refractivity contribution in [1.82, 2.24) is 0 Å². The highest BCUT2D eigenvalue weighted by molar-refractivity contribution is 5.54. The van der Waals surface area contributed by atoms with Crippen molar-refractivity contribution in [3.05, 3.63) is 76.4 Å². The molecule has 1 aliphatic rings. The summed E-state index contributed by atoms with van der Waals surface area (Å²) in [5, 5.41) is 0. The van der Waals surface area contributed by atoms with E-state index in [1.54, 1.807) is 0 Å². The van der Waals surface area contributed by atoms with Crippen LogP contribution < -0.4 is 0 Å². The summed E-state index contributed by atoms with van der Waals surface area (Å²) in [4.78, 5) is 0. The molecule has 1 fully saturated rings. The van der Waals surface area contributed by atoms with Crippen molar-refractivity contribution in [3.63, 3.8) is 0 Å². The van der Waals surface area contributed by atoms with Crippen LogP contribution in [-0.4, -0.2) is 5.92 Å². The minimum atomic E-state index is -2.54. The van der Waals surface area contributed by atoms with E-state index in [0.717, 1.165) is 31.2 Å². The molecular formula is C28H30F4. The van der Waals surface area contributed by atoms with Crippen molar-refractivity contribution in [3.8, 4) is 11.8 Å². The van der Waals surface area contributed by atoms with Crippen LogP contribution in [0.4, 0.5) is 17.6 Å². The van der Waals surface area contributed by atoms with Crippen LogP contribution in [-0.2, 0) is 0 Å². The minimum Gasteiger partial charge on any atom is -0.207 e. The van der Waals surface area contributed by atoms with Crippen LogP contribution in [0.15, 0.2) is 42.5 Å². The van der Waals surface area contributed by atoms with Crippen LogP contribution in [0.25, 0.3) is 6.08 Å². The molecule has 2 aromatic carbocycles. The van der Waals surface area contributed by atoms with Crippen LogP contribution in [0.5, 0.6) is 0 Å². The van der Waals surface area contributed by atoms with Crippen molar-refractivity contribution in [2.45, 2.75) is 76.6 Å². The summed E-state index contributed by atoms with van der Waals surface area (Å²) in [6.45, 7) is 2.14. The third-order valence-corrected chi connectivity index (χ3v) is 6.04. The maximum atomic E-state index is 14.4. The number of hydrogen-bond donors (Lipinski definition) is 0. The average Bonchev–Trinajstić information content (AvgIpc) is 2.76. The lowest BCUT2D eigenvalue weighted by Gasteiger charge is -2.28. The van der Waals surface area contributed by atoms with Crippen LogP contribution in [0.1, 0.15) is 92.9 Å². The van der Waals surface area contributed by atoms with Crippen molar-refractivity contribution in [2.75, 3.05) is 0 Å². The number of rotatable bonds is 7. The summed E-state index contributed by atoms with van der Waals surface area (Å²) in [6, 6.07) is 9.99. The molecule has 32 heavy (non-hydrogen) atoms. The van der Waals surface area contributed by atoms with E-state index in [4.69, 9.17) is 0 Å². The first-order valence-electron chi connectivity index (χ1n) is 11.5. The predicted molar refractivity (Wildman–Crippen MR) is 123 cm³/mol. The number of benzene rings is 2. The van der Waals surface area contributed by atoms with Gasteiger partial charge in [0, 0.05) is 29.5 Å². The first kappa shape index (κ1) is 24.1. The fraction of sp³-hybridized carbons (Fsp3) is 0.429. The SMILES string of the molecule is CCCCCC/C=C/c1c(F)cc(C#Cc2ccc(C3CCC(F)(F)CC3)cc2)cc1F. The van der Waals surface area contributed by atoms with Gasteiger partial charge in [0.1, 0.15) is 11.6 Å². The van der Waals surface area contributed by atoms with Crippen molar-refractivity contribution in [2.24, 2.45) is 0 Å². The van der Waals surface area contributed by atoms with Crippen LogP contribution in [0.3, 0.4) is 0 Å². The summed E-state index contributed by atoms with van der Waals surface area (Å²) >= 11 is 0. The largest absolute Gasteiger partial charge is 0.248 e. The molecule has 0 spiro atoms. The molecule has 0 aliphatic heterocycles. The summed E-state index contributed by atoms with van der Waals surface area (Å²) in [7, 11) is 0. The molecule has 0 atom stereocenters. The van der Waals surface area contributed by atoms with Crippen molar-refractivity contribution >= 4 is 6.08 Å². The fourth-order valence-corrected chi connectivity index (χ4v) is 4.06. The molecule has 0 unspecified atom stereocenters. The molecule has 0 radical (unpaired) electrons. The Morgan fingerprint density at radius 2 is 1.53 bits per heavy atom. The van der Waals surface area contributed by atoms with Crippen LogP contribution >= 0.6 is 0 Å². The second-order valence-electron chi connectivity index (χ2n) is 8.61. The van der Waals surface area contributed by atoms with Gasteiger partial charge in [0.2, 0.25) is 5.92 Å². The molecule has 0 bridgehead atoms. The van der Waals surface area contributed by atoms with Crippen molar-refractivity contribution in [1.29, 1.82) is 0 Å². The fourth-order valence-electron chi connectivity index (χ4n) is 4.06. The Labute approximate surface area is 188 Å². The molecule has 3 rings (SSSR count). The van der Waals surface area contributed by atoms with E-state index < -0.39 is 17.6 Å². The molecule has 1 aliphatic carbocycles. The van der Waals surface area contributed by atoms with E-state index >= 15 is 0 Å². The van der Waals surface area contributed by atoms with Gasteiger partial charge in [-0.2, -0.15) is 0 Å². The molecule has 0 amide bonds. The maximum Gasteiger partial charge on any atom is 0.248 e. The molecule has 0 heterocycles. The van der Waals surface area contributed by atoms with E-state index in [-0.39, 0.29) is 29.9 Å². The first-order valence-corrected chi connectivity index (χ1v) is 11.5. The summed E-state index contributed by atoms with van der Waals surface area (Å²) in [5.74, 6) is 2.11. The van der Waals surface area contributed by atoms with Gasteiger partial charge in [0.05, 0.1) is 0 Å². The quantitative estimate of drug-likeness (QED) is 0.229. The first-order chi connectivity index (χ1) is 15.4. The third-order valence-electron chi connectivity index (χ3n) is 6.04. The Hall–Kier alpha value is -2.54. The minimum absolute atomic E-state index is 0.0338. The lowest BCUT2D eigenvalue weighted by molar-refractivity contribution is -0.0382. The highest BCUT2D eigenvalue weighted by atomic mass is 19.3. The number of allylic oxidation sites excluding steroid dienone is 1. The molecule has 4 heteroatoms. The number of alkyl halides is 2. The van der Waals surface area contributed by atoms with Gasteiger partial charge >= 0.3 is 0 Å². The average molecular weight is 443 g/mol. The topological polar surface area (TPSA) is 0 Å². The number of unbranched alkanes of at least 4 members (excludes halogenated alkanes) is 4. The van der Waals surface area contributed by atoms with Crippen molar-refractivity contribution < 1.29 is 17.6 Å². The van der Waals surface area contributed by atoms with E-state index in [1.165, 1.54) is 24.6 Å². The zero-order valence-corrected chi connectivity index (χ0v) is 18.6. The predicted octanol–water partition coefficient (Wildman–Crippen LogP) is 8.64. The maximum absolute atomic E-state index is 14.4. The van der Waals surface area contributed by atoms with E-state index in [0.29, 0.717) is 18.4 Å². The summed E-state index contributed by atoms with van der Waals surface area (Å²) in [5.41, 5.74) is 1.99. The molecule has 0 N–H and O–H groups in total. The molecule has 0 nitrogen and oxygen atoms in total. The van der Waals surface area contributed by atoms with E-state index in [2.05, 4.69) is 18.8 Å². The Morgan fingerprint density at radius 3 is 2.16 bits per heavy atom. The molecule has 0 saturated heterocycles. The van der Waals surface area contributed by atoms with Crippen LogP contribution in [0, 0.1) is 23.5 Å². The third kappa shape index (κ3) is 6.99.